The molecule has 0 bridgehead atoms. The Balaban J connectivity index is 1.87. The third kappa shape index (κ3) is 2.50. The molecule has 0 spiro atoms. The predicted octanol–water partition coefficient (Wildman–Crippen LogP) is 2.51. The molecule has 2 rings (SSSR count). The van der Waals surface area contributed by atoms with E-state index >= 15 is 0 Å². The van der Waals surface area contributed by atoms with Crippen LogP contribution in [0.4, 0.5) is 0 Å². The van der Waals surface area contributed by atoms with Crippen molar-refractivity contribution >= 4 is 5.96 Å². The SMILES string of the molecule is CCCCCC1CN=C(N)N1C1CCCC1. The standard InChI is InChI=1S/C13H25N3/c1-2-3-4-9-12-10-15-13(14)16(12)11-7-5-6-8-11/h11-12H,2-10H2,1H3,(H2,14,15). The van der Waals surface area contributed by atoms with Crippen LogP contribution in [0.3, 0.4) is 0 Å². The molecule has 92 valence electrons. The van der Waals surface area contributed by atoms with Crippen molar-refractivity contribution in [2.24, 2.45) is 10.7 Å². The third-order valence-electron chi connectivity index (χ3n) is 3.98. The highest BCUT2D eigenvalue weighted by atomic mass is 15.3. The molecule has 2 aliphatic rings. The van der Waals surface area contributed by atoms with E-state index in [2.05, 4.69) is 16.8 Å². The zero-order valence-corrected chi connectivity index (χ0v) is 10.5. The van der Waals surface area contributed by atoms with Crippen LogP contribution in [-0.4, -0.2) is 29.5 Å². The fourth-order valence-corrected chi connectivity index (χ4v) is 3.08. The van der Waals surface area contributed by atoms with Crippen LogP contribution in [0, 0.1) is 0 Å². The van der Waals surface area contributed by atoms with Gasteiger partial charge in [0.05, 0.1) is 12.6 Å². The van der Waals surface area contributed by atoms with Gasteiger partial charge in [-0.3, -0.25) is 4.99 Å². The summed E-state index contributed by atoms with van der Waals surface area (Å²) in [5.41, 5.74) is 6.03. The van der Waals surface area contributed by atoms with Crippen molar-refractivity contribution in [1.29, 1.82) is 0 Å². The summed E-state index contributed by atoms with van der Waals surface area (Å²) in [5.74, 6) is 0.813. The Morgan fingerprint density at radius 3 is 2.75 bits per heavy atom. The second-order valence-corrected chi connectivity index (χ2v) is 5.19. The average Bonchev–Trinajstić information content (AvgIpc) is 2.88. The summed E-state index contributed by atoms with van der Waals surface area (Å²) >= 11 is 0. The highest BCUT2D eigenvalue weighted by Crippen LogP contribution is 2.28. The van der Waals surface area contributed by atoms with E-state index in [-0.39, 0.29) is 0 Å². The molecule has 1 saturated carbocycles. The van der Waals surface area contributed by atoms with E-state index in [1.165, 1.54) is 51.4 Å². The molecule has 0 radical (unpaired) electrons. The van der Waals surface area contributed by atoms with Gasteiger partial charge in [0.15, 0.2) is 5.96 Å². The molecule has 0 aromatic carbocycles. The molecule has 3 heteroatoms. The van der Waals surface area contributed by atoms with Crippen molar-refractivity contribution < 1.29 is 0 Å². The molecule has 1 aliphatic carbocycles. The first-order chi connectivity index (χ1) is 7.83. The van der Waals surface area contributed by atoms with Crippen molar-refractivity contribution in [3.8, 4) is 0 Å². The van der Waals surface area contributed by atoms with E-state index in [1.54, 1.807) is 0 Å². The van der Waals surface area contributed by atoms with Gasteiger partial charge < -0.3 is 10.6 Å². The van der Waals surface area contributed by atoms with E-state index in [0.717, 1.165) is 12.5 Å². The van der Waals surface area contributed by atoms with E-state index < -0.39 is 0 Å². The monoisotopic (exact) mass is 223 g/mol. The molecule has 0 aromatic rings. The molecule has 0 aromatic heterocycles. The molecule has 1 atom stereocenters. The van der Waals surface area contributed by atoms with E-state index in [4.69, 9.17) is 5.73 Å². The Kier molecular flexibility index (Phi) is 4.08. The molecular formula is C13H25N3. The normalized spacial score (nSPS) is 26.4. The Hall–Kier alpha value is -0.730. The minimum absolute atomic E-state index is 0.606. The summed E-state index contributed by atoms with van der Waals surface area (Å²) in [5, 5.41) is 0. The van der Waals surface area contributed by atoms with Gasteiger partial charge in [-0.15, -0.1) is 0 Å². The number of nitrogens with zero attached hydrogens (tertiary/aromatic N) is 2. The molecule has 2 N–H and O–H groups in total. The molecule has 3 nitrogen and oxygen atoms in total. The van der Waals surface area contributed by atoms with E-state index in [9.17, 15) is 0 Å². The molecule has 1 unspecified atom stereocenters. The second kappa shape index (κ2) is 5.55. The molecule has 16 heavy (non-hydrogen) atoms. The van der Waals surface area contributed by atoms with Crippen molar-refractivity contribution in [1.82, 2.24) is 4.90 Å². The van der Waals surface area contributed by atoms with Gasteiger partial charge in [0, 0.05) is 6.04 Å². The molecule has 1 aliphatic heterocycles. The number of hydrogen-bond acceptors (Lipinski definition) is 3. The average molecular weight is 223 g/mol. The van der Waals surface area contributed by atoms with Gasteiger partial charge in [-0.05, 0) is 19.3 Å². The Morgan fingerprint density at radius 1 is 1.31 bits per heavy atom. The molecule has 0 saturated heterocycles. The molecule has 1 heterocycles. The van der Waals surface area contributed by atoms with Crippen molar-refractivity contribution in [3.63, 3.8) is 0 Å². The summed E-state index contributed by atoms with van der Waals surface area (Å²) in [4.78, 5) is 6.88. The van der Waals surface area contributed by atoms with Gasteiger partial charge in [-0.2, -0.15) is 0 Å². The van der Waals surface area contributed by atoms with Gasteiger partial charge in [-0.25, -0.2) is 0 Å². The van der Waals surface area contributed by atoms with Gasteiger partial charge in [-0.1, -0.05) is 39.0 Å². The largest absolute Gasteiger partial charge is 0.370 e. The first kappa shape index (κ1) is 11.7. The number of guanidine groups is 1. The summed E-state index contributed by atoms with van der Waals surface area (Å²) in [7, 11) is 0. The molecule has 1 fully saturated rings. The van der Waals surface area contributed by atoms with Gasteiger partial charge in [0.2, 0.25) is 0 Å². The fraction of sp³-hybridized carbons (Fsp3) is 0.923. The van der Waals surface area contributed by atoms with Gasteiger partial charge in [0.25, 0.3) is 0 Å². The van der Waals surface area contributed by atoms with Crippen molar-refractivity contribution in [3.05, 3.63) is 0 Å². The smallest absolute Gasteiger partial charge is 0.191 e. The Bertz CT molecular complexity index is 244. The maximum atomic E-state index is 6.03. The lowest BCUT2D eigenvalue weighted by atomic mass is 10.1. The number of unbranched alkanes of at least 4 members (excludes halogenated alkanes) is 2. The Morgan fingerprint density at radius 2 is 2.06 bits per heavy atom. The summed E-state index contributed by atoms with van der Waals surface area (Å²) < 4.78 is 0. The summed E-state index contributed by atoms with van der Waals surface area (Å²) in [6.07, 6.45) is 10.6. The minimum atomic E-state index is 0.606. The van der Waals surface area contributed by atoms with Crippen LogP contribution in [-0.2, 0) is 0 Å². The zero-order valence-electron chi connectivity index (χ0n) is 10.5. The van der Waals surface area contributed by atoms with Gasteiger partial charge in [0.1, 0.15) is 0 Å². The summed E-state index contributed by atoms with van der Waals surface area (Å²) in [6.45, 7) is 3.19. The Labute approximate surface area is 99.1 Å². The maximum Gasteiger partial charge on any atom is 0.191 e. The lowest BCUT2D eigenvalue weighted by Gasteiger charge is -2.32. The van der Waals surface area contributed by atoms with E-state index in [0.29, 0.717) is 12.1 Å². The third-order valence-corrected chi connectivity index (χ3v) is 3.98. The van der Waals surface area contributed by atoms with Crippen LogP contribution in [0.5, 0.6) is 0 Å². The lowest BCUT2D eigenvalue weighted by Crippen LogP contribution is -2.46. The number of aliphatic imine (C=N–C) groups is 1. The first-order valence-electron chi connectivity index (χ1n) is 6.91. The topological polar surface area (TPSA) is 41.6 Å². The highest BCUT2D eigenvalue weighted by molar-refractivity contribution is 5.80. The van der Waals surface area contributed by atoms with Crippen molar-refractivity contribution in [2.75, 3.05) is 6.54 Å². The number of nitrogens with two attached hydrogens (primary N) is 1. The number of hydrogen-bond donors (Lipinski definition) is 1. The zero-order chi connectivity index (χ0) is 11.4. The second-order valence-electron chi connectivity index (χ2n) is 5.19. The first-order valence-corrected chi connectivity index (χ1v) is 6.91. The fourth-order valence-electron chi connectivity index (χ4n) is 3.08. The molecular weight excluding hydrogens is 198 g/mol. The number of rotatable bonds is 5. The molecule has 0 amide bonds. The highest BCUT2D eigenvalue weighted by Gasteiger charge is 2.33. The quantitative estimate of drug-likeness (QED) is 0.728. The summed E-state index contributed by atoms with van der Waals surface area (Å²) in [6, 6.07) is 1.30. The van der Waals surface area contributed by atoms with Crippen LogP contribution in [0.1, 0.15) is 58.3 Å². The van der Waals surface area contributed by atoms with Crippen LogP contribution in [0.25, 0.3) is 0 Å². The van der Waals surface area contributed by atoms with Gasteiger partial charge >= 0.3 is 0 Å². The minimum Gasteiger partial charge on any atom is -0.370 e. The van der Waals surface area contributed by atoms with Crippen molar-refractivity contribution in [2.45, 2.75) is 70.4 Å². The maximum absolute atomic E-state index is 6.03. The van der Waals surface area contributed by atoms with E-state index in [1.807, 2.05) is 0 Å². The van der Waals surface area contributed by atoms with Crippen LogP contribution in [0.2, 0.25) is 0 Å². The van der Waals surface area contributed by atoms with Crippen LogP contribution in [0.15, 0.2) is 4.99 Å². The van der Waals surface area contributed by atoms with Crippen LogP contribution >= 0.6 is 0 Å². The lowest BCUT2D eigenvalue weighted by molar-refractivity contribution is 0.244. The van der Waals surface area contributed by atoms with Crippen LogP contribution < -0.4 is 5.73 Å². The predicted molar refractivity (Wildman–Crippen MR) is 68.5 cm³/mol.